The number of aromatic nitrogens is 3. The zero-order valence-corrected chi connectivity index (χ0v) is 14.4. The molecule has 1 aliphatic heterocycles. The minimum absolute atomic E-state index is 0.0820. The van der Waals surface area contributed by atoms with Crippen molar-refractivity contribution in [3.05, 3.63) is 30.1 Å². The van der Waals surface area contributed by atoms with E-state index in [4.69, 9.17) is 13.9 Å². The zero-order valence-electron chi connectivity index (χ0n) is 14.4. The summed E-state index contributed by atoms with van der Waals surface area (Å²) in [5, 5.41) is 10.7. The van der Waals surface area contributed by atoms with E-state index in [1.165, 1.54) is 0 Å². The van der Waals surface area contributed by atoms with Gasteiger partial charge in [-0.2, -0.15) is 0 Å². The number of amides is 2. The van der Waals surface area contributed by atoms with Crippen LogP contribution in [0.25, 0.3) is 0 Å². The molecule has 2 amide bonds. The molecule has 3 heterocycles. The van der Waals surface area contributed by atoms with Crippen LogP contribution < -0.4 is 10.1 Å². The summed E-state index contributed by atoms with van der Waals surface area (Å²) in [5.41, 5.74) is 0.578. The van der Waals surface area contributed by atoms with E-state index in [9.17, 15) is 4.79 Å². The van der Waals surface area contributed by atoms with Gasteiger partial charge in [0, 0.05) is 33.1 Å². The minimum atomic E-state index is -0.318. The molecule has 0 aliphatic carbocycles. The predicted octanol–water partition coefficient (Wildman–Crippen LogP) is 2.17. The number of ether oxygens (including phenoxy) is 2. The maximum atomic E-state index is 12.7. The highest BCUT2D eigenvalue weighted by Gasteiger charge is 2.39. The van der Waals surface area contributed by atoms with Crippen LogP contribution in [0.2, 0.25) is 0 Å². The summed E-state index contributed by atoms with van der Waals surface area (Å²) < 4.78 is 16.2. The number of carbonyl (C=O) groups excluding carboxylic acids is 1. The van der Waals surface area contributed by atoms with E-state index >= 15 is 0 Å². The topological polar surface area (TPSA) is 103 Å². The van der Waals surface area contributed by atoms with E-state index < -0.39 is 0 Å². The van der Waals surface area contributed by atoms with Crippen LogP contribution in [-0.2, 0) is 4.74 Å². The number of hydrogen-bond acceptors (Lipinski definition) is 7. The van der Waals surface area contributed by atoms with Gasteiger partial charge in [0.25, 0.3) is 0 Å². The highest BCUT2D eigenvalue weighted by molar-refractivity contribution is 5.89. The summed E-state index contributed by atoms with van der Waals surface area (Å²) in [4.78, 5) is 18.5. The Bertz CT molecular complexity index is 718. The number of hydrogen-bond donors (Lipinski definition) is 1. The predicted molar refractivity (Wildman–Crippen MR) is 88.3 cm³/mol. The fraction of sp³-hybridized carbons (Fsp3) is 0.500. The third kappa shape index (κ3) is 3.87. The number of pyridine rings is 1. The van der Waals surface area contributed by atoms with E-state index in [0.29, 0.717) is 42.9 Å². The van der Waals surface area contributed by atoms with Crippen LogP contribution in [0.1, 0.15) is 31.2 Å². The third-order valence-electron chi connectivity index (χ3n) is 3.96. The van der Waals surface area contributed by atoms with Gasteiger partial charge in [0.15, 0.2) is 0 Å². The standard InChI is InChI=1S/C16H21N5O4/c1-4-24-14-6-5-11(8-17-14)18-16(22)21-9-12(23-3)7-13(21)15-20-19-10(2)25-15/h5-6,8,12-13H,4,7,9H2,1-3H3,(H,18,22)/t12-,13+/m0/s1. The van der Waals surface area contributed by atoms with Crippen LogP contribution in [0.3, 0.4) is 0 Å². The molecule has 2 atom stereocenters. The van der Waals surface area contributed by atoms with E-state index in [-0.39, 0.29) is 18.2 Å². The molecule has 9 heteroatoms. The Morgan fingerprint density at radius 1 is 1.44 bits per heavy atom. The Labute approximate surface area is 145 Å². The van der Waals surface area contributed by atoms with E-state index in [1.807, 2.05) is 6.92 Å². The Morgan fingerprint density at radius 3 is 2.88 bits per heavy atom. The summed E-state index contributed by atoms with van der Waals surface area (Å²) >= 11 is 0. The molecule has 1 saturated heterocycles. The van der Waals surface area contributed by atoms with Gasteiger partial charge in [0.2, 0.25) is 17.7 Å². The molecule has 0 radical (unpaired) electrons. The molecular formula is C16H21N5O4. The summed E-state index contributed by atoms with van der Waals surface area (Å²) in [7, 11) is 1.62. The number of nitrogens with zero attached hydrogens (tertiary/aromatic N) is 4. The number of aryl methyl sites for hydroxylation is 1. The van der Waals surface area contributed by atoms with Gasteiger partial charge in [-0.15, -0.1) is 10.2 Å². The maximum Gasteiger partial charge on any atom is 0.322 e. The highest BCUT2D eigenvalue weighted by Crippen LogP contribution is 2.33. The molecule has 2 aromatic heterocycles. The number of carbonyl (C=O) groups is 1. The number of methoxy groups -OCH3 is 1. The fourth-order valence-corrected chi connectivity index (χ4v) is 2.76. The number of urea groups is 1. The highest BCUT2D eigenvalue weighted by atomic mass is 16.5. The van der Waals surface area contributed by atoms with Crippen LogP contribution in [0.5, 0.6) is 5.88 Å². The second-order valence-electron chi connectivity index (χ2n) is 5.67. The first-order chi connectivity index (χ1) is 12.1. The molecule has 25 heavy (non-hydrogen) atoms. The van der Waals surface area contributed by atoms with E-state index in [0.717, 1.165) is 0 Å². The van der Waals surface area contributed by atoms with Crippen LogP contribution >= 0.6 is 0 Å². The Balaban J connectivity index is 1.72. The first kappa shape index (κ1) is 17.2. The summed E-state index contributed by atoms with van der Waals surface area (Å²) in [6, 6.07) is 2.86. The summed E-state index contributed by atoms with van der Waals surface area (Å²) in [6.07, 6.45) is 2.08. The number of nitrogens with one attached hydrogen (secondary N) is 1. The molecule has 0 saturated carbocycles. The lowest BCUT2D eigenvalue weighted by atomic mass is 10.2. The number of likely N-dealkylation sites (tertiary alicyclic amines) is 1. The Kier molecular flexibility index (Phi) is 5.13. The first-order valence-corrected chi connectivity index (χ1v) is 8.10. The molecule has 1 aliphatic rings. The maximum absolute atomic E-state index is 12.7. The largest absolute Gasteiger partial charge is 0.478 e. The summed E-state index contributed by atoms with van der Waals surface area (Å²) in [6.45, 7) is 4.58. The smallest absolute Gasteiger partial charge is 0.322 e. The molecule has 9 nitrogen and oxygen atoms in total. The van der Waals surface area contributed by atoms with Gasteiger partial charge in [-0.1, -0.05) is 0 Å². The molecule has 0 unspecified atom stereocenters. The lowest BCUT2D eigenvalue weighted by molar-refractivity contribution is 0.111. The van der Waals surface area contributed by atoms with Gasteiger partial charge in [-0.3, -0.25) is 0 Å². The van der Waals surface area contributed by atoms with Gasteiger partial charge in [-0.25, -0.2) is 9.78 Å². The average molecular weight is 347 g/mol. The van der Waals surface area contributed by atoms with Crippen LogP contribution in [-0.4, -0.2) is 52.5 Å². The monoisotopic (exact) mass is 347 g/mol. The second-order valence-corrected chi connectivity index (χ2v) is 5.67. The normalized spacial score (nSPS) is 19.9. The van der Waals surface area contributed by atoms with Crippen molar-refractivity contribution in [1.82, 2.24) is 20.1 Å². The lowest BCUT2D eigenvalue weighted by Gasteiger charge is -2.22. The SMILES string of the molecule is CCOc1ccc(NC(=O)N2C[C@@H](OC)C[C@@H]2c2nnc(C)o2)cn1. The van der Waals surface area contributed by atoms with Gasteiger partial charge in [0.05, 0.1) is 24.6 Å². The molecule has 0 bridgehead atoms. The zero-order chi connectivity index (χ0) is 17.8. The third-order valence-corrected chi connectivity index (χ3v) is 3.96. The fourth-order valence-electron chi connectivity index (χ4n) is 2.76. The average Bonchev–Trinajstić information content (AvgIpc) is 3.23. The van der Waals surface area contributed by atoms with Crippen molar-refractivity contribution in [2.75, 3.05) is 25.6 Å². The first-order valence-electron chi connectivity index (χ1n) is 8.10. The van der Waals surface area contributed by atoms with Gasteiger partial charge >= 0.3 is 6.03 Å². The van der Waals surface area contributed by atoms with Crippen molar-refractivity contribution in [3.63, 3.8) is 0 Å². The van der Waals surface area contributed by atoms with Gasteiger partial charge in [-0.05, 0) is 13.0 Å². The lowest BCUT2D eigenvalue weighted by Crippen LogP contribution is -2.35. The molecule has 0 spiro atoms. The molecule has 0 aromatic carbocycles. The second kappa shape index (κ2) is 7.47. The van der Waals surface area contributed by atoms with Crippen molar-refractivity contribution in [2.24, 2.45) is 0 Å². The van der Waals surface area contributed by atoms with Gasteiger partial charge in [0.1, 0.15) is 6.04 Å². The van der Waals surface area contributed by atoms with Crippen molar-refractivity contribution in [1.29, 1.82) is 0 Å². The quantitative estimate of drug-likeness (QED) is 0.884. The molecule has 1 fully saturated rings. The van der Waals surface area contributed by atoms with Crippen LogP contribution in [0.15, 0.2) is 22.7 Å². The van der Waals surface area contributed by atoms with Crippen LogP contribution in [0.4, 0.5) is 10.5 Å². The molecule has 3 rings (SSSR count). The van der Waals surface area contributed by atoms with Crippen molar-refractivity contribution in [2.45, 2.75) is 32.4 Å². The summed E-state index contributed by atoms with van der Waals surface area (Å²) in [5.74, 6) is 1.39. The number of anilines is 1. The Hall–Kier alpha value is -2.68. The van der Waals surface area contributed by atoms with E-state index in [2.05, 4.69) is 20.5 Å². The molecule has 1 N–H and O–H groups in total. The Morgan fingerprint density at radius 2 is 2.28 bits per heavy atom. The minimum Gasteiger partial charge on any atom is -0.478 e. The van der Waals surface area contributed by atoms with E-state index in [1.54, 1.807) is 37.3 Å². The molecule has 134 valence electrons. The van der Waals surface area contributed by atoms with Crippen molar-refractivity contribution < 1.29 is 18.7 Å². The molecular weight excluding hydrogens is 326 g/mol. The van der Waals surface area contributed by atoms with Crippen molar-refractivity contribution in [3.8, 4) is 5.88 Å². The van der Waals surface area contributed by atoms with Gasteiger partial charge < -0.3 is 24.1 Å². The number of rotatable bonds is 5. The van der Waals surface area contributed by atoms with Crippen molar-refractivity contribution >= 4 is 11.7 Å². The van der Waals surface area contributed by atoms with Crippen LogP contribution in [0, 0.1) is 6.92 Å². The molecule has 2 aromatic rings.